The number of ether oxygens (including phenoxy) is 2. The lowest BCUT2D eigenvalue weighted by Crippen LogP contribution is -2.30. The molecule has 0 aliphatic heterocycles. The number of anilines is 2. The van der Waals surface area contributed by atoms with Gasteiger partial charge in [-0.05, 0) is 67.4 Å². The van der Waals surface area contributed by atoms with Crippen molar-refractivity contribution in [1.29, 1.82) is 0 Å². The van der Waals surface area contributed by atoms with Crippen LogP contribution < -0.4 is 25.4 Å². The van der Waals surface area contributed by atoms with Gasteiger partial charge in [-0.3, -0.25) is 14.4 Å². The van der Waals surface area contributed by atoms with Gasteiger partial charge in [-0.2, -0.15) is 0 Å². The van der Waals surface area contributed by atoms with Crippen LogP contribution in [-0.4, -0.2) is 37.2 Å². The summed E-state index contributed by atoms with van der Waals surface area (Å²) in [6.45, 7) is 3.75. The van der Waals surface area contributed by atoms with Gasteiger partial charge in [-0.15, -0.1) is 11.8 Å². The molecule has 0 saturated carbocycles. The van der Waals surface area contributed by atoms with Crippen molar-refractivity contribution in [3.05, 3.63) is 119 Å². The normalized spacial score (nSPS) is 11.7. The van der Waals surface area contributed by atoms with E-state index in [2.05, 4.69) is 16.0 Å². The zero-order valence-electron chi connectivity index (χ0n) is 24.3. The molecule has 0 heterocycles. The molecule has 0 fully saturated rings. The first-order valence-corrected chi connectivity index (χ1v) is 14.4. The number of carbonyl (C=O) groups excluding carboxylic acids is 3. The molecular formula is C34H33N3O5S. The summed E-state index contributed by atoms with van der Waals surface area (Å²) in [5.41, 5.74) is 3.44. The van der Waals surface area contributed by atoms with Gasteiger partial charge in [0.05, 0.1) is 19.5 Å². The molecule has 0 saturated heterocycles. The molecule has 1 atom stereocenters. The number of hydrogen-bond acceptors (Lipinski definition) is 6. The number of rotatable bonds is 11. The molecule has 0 bridgehead atoms. The fourth-order valence-corrected chi connectivity index (χ4v) is 4.91. The van der Waals surface area contributed by atoms with Crippen LogP contribution in [0, 0.1) is 6.92 Å². The monoisotopic (exact) mass is 595 g/mol. The van der Waals surface area contributed by atoms with E-state index in [-0.39, 0.29) is 17.5 Å². The van der Waals surface area contributed by atoms with Gasteiger partial charge in [-0.1, -0.05) is 42.5 Å². The van der Waals surface area contributed by atoms with Gasteiger partial charge >= 0.3 is 0 Å². The van der Waals surface area contributed by atoms with E-state index >= 15 is 0 Å². The number of nitrogens with one attached hydrogen (secondary N) is 3. The summed E-state index contributed by atoms with van der Waals surface area (Å²) < 4.78 is 10.5. The van der Waals surface area contributed by atoms with E-state index < -0.39 is 11.2 Å². The molecule has 220 valence electrons. The molecule has 0 aliphatic rings. The standard InChI is InChI=1S/C34H33N3O5S/c1-22-10-8-9-13-25(22)18-31(37-33(39)24-11-6-5-7-12-24)34(40)35-26-14-16-30(17-15-26)43-23(2)32(38)36-27-19-28(41-3)21-29(20-27)42-4/h5-21,23H,1-4H3,(H,35,40)(H,36,38)(H,37,39)/b31-18-. The highest BCUT2D eigenvalue weighted by molar-refractivity contribution is 8.00. The second-order valence-corrected chi connectivity index (χ2v) is 11.0. The van der Waals surface area contributed by atoms with Crippen molar-refractivity contribution in [1.82, 2.24) is 5.32 Å². The third kappa shape index (κ3) is 8.73. The molecule has 0 aliphatic carbocycles. The molecule has 8 nitrogen and oxygen atoms in total. The van der Waals surface area contributed by atoms with Gasteiger partial charge in [0.15, 0.2) is 0 Å². The van der Waals surface area contributed by atoms with Gasteiger partial charge in [0, 0.05) is 40.0 Å². The molecule has 0 aromatic heterocycles. The molecule has 0 radical (unpaired) electrons. The van der Waals surface area contributed by atoms with Crippen LogP contribution in [-0.2, 0) is 9.59 Å². The van der Waals surface area contributed by atoms with Crippen molar-refractivity contribution in [2.45, 2.75) is 24.0 Å². The van der Waals surface area contributed by atoms with Crippen LogP contribution in [0.15, 0.2) is 108 Å². The SMILES string of the molecule is COc1cc(NC(=O)C(C)Sc2ccc(NC(=O)/C(=C/c3ccccc3C)NC(=O)c3ccccc3)cc2)cc(OC)c1. The maximum Gasteiger partial charge on any atom is 0.272 e. The molecule has 3 amide bonds. The van der Waals surface area contributed by atoms with Crippen LogP contribution in [0.5, 0.6) is 11.5 Å². The Hall–Kier alpha value is -5.02. The predicted molar refractivity (Wildman–Crippen MR) is 172 cm³/mol. The van der Waals surface area contributed by atoms with Gasteiger partial charge in [0.1, 0.15) is 17.2 Å². The van der Waals surface area contributed by atoms with Crippen LogP contribution in [0.25, 0.3) is 6.08 Å². The summed E-state index contributed by atoms with van der Waals surface area (Å²) in [5, 5.41) is 8.11. The molecule has 3 N–H and O–H groups in total. The summed E-state index contributed by atoms with van der Waals surface area (Å²) in [6, 6.07) is 28.6. The molecule has 4 aromatic carbocycles. The maximum atomic E-state index is 13.3. The summed E-state index contributed by atoms with van der Waals surface area (Å²) in [4.78, 5) is 39.9. The molecular weight excluding hydrogens is 562 g/mol. The Morgan fingerprint density at radius 1 is 0.767 bits per heavy atom. The minimum atomic E-state index is -0.464. The van der Waals surface area contributed by atoms with Crippen molar-refractivity contribution >= 4 is 46.9 Å². The third-order valence-electron chi connectivity index (χ3n) is 6.43. The second kappa shape index (κ2) is 14.7. The van der Waals surface area contributed by atoms with E-state index in [9.17, 15) is 14.4 Å². The number of benzene rings is 4. The lowest BCUT2D eigenvalue weighted by atomic mass is 10.1. The first kappa shape index (κ1) is 30.9. The number of amides is 3. The zero-order valence-corrected chi connectivity index (χ0v) is 25.2. The maximum absolute atomic E-state index is 13.3. The van der Waals surface area contributed by atoms with Crippen molar-refractivity contribution < 1.29 is 23.9 Å². The van der Waals surface area contributed by atoms with E-state index in [0.717, 1.165) is 16.0 Å². The quantitative estimate of drug-likeness (QED) is 0.134. The topological polar surface area (TPSA) is 106 Å². The summed E-state index contributed by atoms with van der Waals surface area (Å²) in [5.74, 6) is 0.113. The average molecular weight is 596 g/mol. The number of methoxy groups -OCH3 is 2. The van der Waals surface area contributed by atoms with Crippen molar-refractivity contribution in [2.24, 2.45) is 0 Å². The fourth-order valence-electron chi connectivity index (χ4n) is 4.04. The van der Waals surface area contributed by atoms with Crippen LogP contribution in [0.2, 0.25) is 0 Å². The summed E-state index contributed by atoms with van der Waals surface area (Å²) in [7, 11) is 3.10. The molecule has 43 heavy (non-hydrogen) atoms. The molecule has 4 rings (SSSR count). The summed E-state index contributed by atoms with van der Waals surface area (Å²) >= 11 is 1.38. The third-order valence-corrected chi connectivity index (χ3v) is 7.54. The summed E-state index contributed by atoms with van der Waals surface area (Å²) in [6.07, 6.45) is 1.66. The Kier molecular flexibility index (Phi) is 10.6. The van der Waals surface area contributed by atoms with E-state index in [1.807, 2.05) is 56.3 Å². The molecule has 9 heteroatoms. The first-order valence-electron chi connectivity index (χ1n) is 13.5. The lowest BCUT2D eigenvalue weighted by Gasteiger charge is -2.14. The van der Waals surface area contributed by atoms with Crippen LogP contribution >= 0.6 is 11.8 Å². The highest BCUT2D eigenvalue weighted by atomic mass is 32.2. The Bertz CT molecular complexity index is 1600. The highest BCUT2D eigenvalue weighted by Gasteiger charge is 2.18. The molecule has 4 aromatic rings. The number of carbonyl (C=O) groups is 3. The van der Waals surface area contributed by atoms with Gasteiger partial charge in [-0.25, -0.2) is 0 Å². The number of aryl methyl sites for hydroxylation is 1. The van der Waals surface area contributed by atoms with Crippen LogP contribution in [0.1, 0.15) is 28.4 Å². The van der Waals surface area contributed by atoms with Gasteiger partial charge < -0.3 is 25.4 Å². The number of thioether (sulfide) groups is 1. The van der Waals surface area contributed by atoms with Crippen LogP contribution in [0.4, 0.5) is 11.4 Å². The van der Waals surface area contributed by atoms with Gasteiger partial charge in [0.25, 0.3) is 11.8 Å². The largest absolute Gasteiger partial charge is 0.497 e. The average Bonchev–Trinajstić information content (AvgIpc) is 3.02. The Labute approximate surface area is 255 Å². The van der Waals surface area contributed by atoms with Crippen molar-refractivity contribution in [3.8, 4) is 11.5 Å². The Balaban J connectivity index is 1.43. The van der Waals surface area contributed by atoms with Crippen LogP contribution in [0.3, 0.4) is 0 Å². The van der Waals surface area contributed by atoms with E-state index in [0.29, 0.717) is 28.4 Å². The van der Waals surface area contributed by atoms with E-state index in [1.54, 1.807) is 74.9 Å². The fraction of sp³-hybridized carbons (Fsp3) is 0.147. The molecule has 0 spiro atoms. The Morgan fingerprint density at radius 3 is 2.02 bits per heavy atom. The lowest BCUT2D eigenvalue weighted by molar-refractivity contribution is -0.115. The first-order chi connectivity index (χ1) is 20.7. The van der Waals surface area contributed by atoms with E-state index in [4.69, 9.17) is 9.47 Å². The number of hydrogen-bond donors (Lipinski definition) is 3. The van der Waals surface area contributed by atoms with Crippen molar-refractivity contribution in [3.63, 3.8) is 0 Å². The predicted octanol–water partition coefficient (Wildman–Crippen LogP) is 6.54. The minimum absolute atomic E-state index is 0.112. The highest BCUT2D eigenvalue weighted by Crippen LogP contribution is 2.29. The van der Waals surface area contributed by atoms with Gasteiger partial charge in [0.2, 0.25) is 5.91 Å². The second-order valence-electron chi connectivity index (χ2n) is 9.56. The smallest absolute Gasteiger partial charge is 0.272 e. The van der Waals surface area contributed by atoms with Crippen molar-refractivity contribution in [2.75, 3.05) is 24.9 Å². The zero-order chi connectivity index (χ0) is 30.8. The molecule has 1 unspecified atom stereocenters. The minimum Gasteiger partial charge on any atom is -0.497 e. The van der Waals surface area contributed by atoms with E-state index in [1.165, 1.54) is 11.8 Å². The Morgan fingerprint density at radius 2 is 1.40 bits per heavy atom.